The summed E-state index contributed by atoms with van der Waals surface area (Å²) in [5.74, 6) is 0.555. The lowest BCUT2D eigenvalue weighted by atomic mass is 9.57. The normalized spacial score (nSPS) is 33.6. The van der Waals surface area contributed by atoms with Gasteiger partial charge in [-0.25, -0.2) is 0 Å². The Kier molecular flexibility index (Phi) is 5.22. The van der Waals surface area contributed by atoms with Crippen LogP contribution in [-0.4, -0.2) is 49.2 Å². The molecular weight excluding hydrogens is 252 g/mol. The van der Waals surface area contributed by atoms with Gasteiger partial charge in [0, 0.05) is 25.3 Å². The second-order valence-corrected chi connectivity index (χ2v) is 6.90. The Hall–Kier alpha value is -0.870. The first-order valence-electron chi connectivity index (χ1n) is 7.76. The lowest BCUT2D eigenvalue weighted by molar-refractivity contribution is -0.119. The molecule has 1 amide bonds. The van der Waals surface area contributed by atoms with E-state index in [-0.39, 0.29) is 5.91 Å². The monoisotopic (exact) mass is 280 g/mol. The van der Waals surface area contributed by atoms with Gasteiger partial charge in [0.05, 0.1) is 0 Å². The topological polar surface area (TPSA) is 52.6 Å². The van der Waals surface area contributed by atoms with E-state index in [4.69, 9.17) is 0 Å². The average Bonchev–Trinajstić information content (AvgIpc) is 2.37. The molecule has 0 aromatic heterocycles. The van der Waals surface area contributed by atoms with Gasteiger partial charge in [-0.2, -0.15) is 0 Å². The predicted molar refractivity (Wildman–Crippen MR) is 80.3 cm³/mol. The van der Waals surface area contributed by atoms with Gasteiger partial charge in [0.15, 0.2) is 0 Å². The molecule has 2 fully saturated rings. The minimum absolute atomic E-state index is 0.0377. The van der Waals surface area contributed by atoms with Crippen molar-refractivity contribution in [2.75, 3.05) is 27.2 Å². The molecule has 1 spiro atoms. The first-order valence-corrected chi connectivity index (χ1v) is 7.76. The van der Waals surface area contributed by atoms with Crippen LogP contribution in [0, 0.1) is 11.3 Å². The SMILES string of the molecule is CN(C)C/C=C/C(=O)NC1CC2(CCC(CO)CC2)C1. The Morgan fingerprint density at radius 2 is 2.00 bits per heavy atom. The summed E-state index contributed by atoms with van der Waals surface area (Å²) in [5.41, 5.74) is 0.469. The third-order valence-electron chi connectivity index (χ3n) is 4.87. The second kappa shape index (κ2) is 6.72. The van der Waals surface area contributed by atoms with Gasteiger partial charge in [0.2, 0.25) is 5.91 Å². The zero-order valence-corrected chi connectivity index (χ0v) is 12.8. The molecule has 0 bridgehead atoms. The minimum atomic E-state index is 0.0377. The third-order valence-corrected chi connectivity index (χ3v) is 4.87. The Labute approximate surface area is 122 Å². The van der Waals surface area contributed by atoms with Crippen molar-refractivity contribution in [1.82, 2.24) is 10.2 Å². The van der Waals surface area contributed by atoms with Crippen LogP contribution >= 0.6 is 0 Å². The molecule has 0 radical (unpaired) electrons. The van der Waals surface area contributed by atoms with E-state index in [2.05, 4.69) is 5.32 Å². The molecule has 4 heteroatoms. The van der Waals surface area contributed by atoms with Crippen LogP contribution in [0.2, 0.25) is 0 Å². The molecule has 2 aliphatic carbocycles. The second-order valence-electron chi connectivity index (χ2n) is 6.90. The molecule has 2 N–H and O–H groups in total. The van der Waals surface area contributed by atoms with E-state index in [1.807, 2.05) is 25.1 Å². The van der Waals surface area contributed by atoms with Gasteiger partial charge in [-0.1, -0.05) is 6.08 Å². The molecule has 0 aromatic carbocycles. The smallest absolute Gasteiger partial charge is 0.243 e. The highest BCUT2D eigenvalue weighted by molar-refractivity contribution is 5.87. The van der Waals surface area contributed by atoms with Crippen LogP contribution in [0.1, 0.15) is 38.5 Å². The fraction of sp³-hybridized carbons (Fsp3) is 0.812. The van der Waals surface area contributed by atoms with Crippen molar-refractivity contribution in [3.05, 3.63) is 12.2 Å². The van der Waals surface area contributed by atoms with Gasteiger partial charge in [0.25, 0.3) is 0 Å². The fourth-order valence-corrected chi connectivity index (χ4v) is 3.59. The number of aliphatic hydroxyl groups is 1. The molecule has 0 saturated heterocycles. The summed E-state index contributed by atoms with van der Waals surface area (Å²) < 4.78 is 0. The van der Waals surface area contributed by atoms with Crippen LogP contribution in [0.15, 0.2) is 12.2 Å². The van der Waals surface area contributed by atoms with E-state index in [1.54, 1.807) is 6.08 Å². The van der Waals surface area contributed by atoms with Crippen molar-refractivity contribution in [1.29, 1.82) is 0 Å². The number of nitrogens with zero attached hydrogens (tertiary/aromatic N) is 1. The summed E-state index contributed by atoms with van der Waals surface area (Å²) in [4.78, 5) is 13.8. The van der Waals surface area contributed by atoms with Crippen molar-refractivity contribution in [3.63, 3.8) is 0 Å². The number of nitrogens with one attached hydrogen (secondary N) is 1. The van der Waals surface area contributed by atoms with Crippen LogP contribution in [0.3, 0.4) is 0 Å². The molecule has 0 aliphatic heterocycles. The van der Waals surface area contributed by atoms with Crippen LogP contribution in [0.25, 0.3) is 0 Å². The maximum Gasteiger partial charge on any atom is 0.243 e. The van der Waals surface area contributed by atoms with Crippen LogP contribution in [-0.2, 0) is 4.79 Å². The van der Waals surface area contributed by atoms with Crippen molar-refractivity contribution in [2.45, 2.75) is 44.6 Å². The quantitative estimate of drug-likeness (QED) is 0.751. The van der Waals surface area contributed by atoms with Gasteiger partial charge >= 0.3 is 0 Å². The number of carbonyl (C=O) groups excluding carboxylic acids is 1. The average molecular weight is 280 g/mol. The highest BCUT2D eigenvalue weighted by atomic mass is 16.3. The lowest BCUT2D eigenvalue weighted by Gasteiger charge is -2.51. The molecule has 114 valence electrons. The number of hydrogen-bond acceptors (Lipinski definition) is 3. The molecule has 20 heavy (non-hydrogen) atoms. The van der Waals surface area contributed by atoms with Crippen molar-refractivity contribution in [2.24, 2.45) is 11.3 Å². The fourth-order valence-electron chi connectivity index (χ4n) is 3.59. The largest absolute Gasteiger partial charge is 0.396 e. The number of hydrogen-bond donors (Lipinski definition) is 2. The van der Waals surface area contributed by atoms with Gasteiger partial charge in [-0.15, -0.1) is 0 Å². The molecule has 0 unspecified atom stereocenters. The van der Waals surface area contributed by atoms with Crippen LogP contribution < -0.4 is 5.32 Å². The predicted octanol–water partition coefficient (Wildman–Crippen LogP) is 1.55. The van der Waals surface area contributed by atoms with E-state index in [0.29, 0.717) is 24.0 Å². The van der Waals surface area contributed by atoms with Gasteiger partial charge in [-0.3, -0.25) is 4.79 Å². The summed E-state index contributed by atoms with van der Waals surface area (Å²) in [6.07, 6.45) is 10.5. The molecule has 2 aliphatic rings. The summed E-state index contributed by atoms with van der Waals surface area (Å²) >= 11 is 0. The lowest BCUT2D eigenvalue weighted by Crippen LogP contribution is -2.51. The van der Waals surface area contributed by atoms with Gasteiger partial charge < -0.3 is 15.3 Å². The Balaban J connectivity index is 1.66. The van der Waals surface area contributed by atoms with E-state index in [9.17, 15) is 9.90 Å². The summed E-state index contributed by atoms with van der Waals surface area (Å²) in [5, 5.41) is 12.3. The third kappa shape index (κ3) is 4.06. The van der Waals surface area contributed by atoms with E-state index >= 15 is 0 Å². The van der Waals surface area contributed by atoms with Crippen LogP contribution in [0.5, 0.6) is 0 Å². The number of rotatable bonds is 5. The van der Waals surface area contributed by atoms with E-state index in [0.717, 1.165) is 32.2 Å². The Morgan fingerprint density at radius 1 is 1.35 bits per heavy atom. The molecule has 2 rings (SSSR count). The number of likely N-dealkylation sites (N-methyl/N-ethyl adjacent to an activating group) is 1. The summed E-state index contributed by atoms with van der Waals surface area (Å²) in [6, 6.07) is 0.359. The summed E-state index contributed by atoms with van der Waals surface area (Å²) in [7, 11) is 3.97. The molecular formula is C16H28N2O2. The maximum atomic E-state index is 11.7. The van der Waals surface area contributed by atoms with Crippen molar-refractivity contribution in [3.8, 4) is 0 Å². The molecule has 0 atom stereocenters. The maximum absolute atomic E-state index is 11.7. The van der Waals surface area contributed by atoms with Crippen LogP contribution in [0.4, 0.5) is 0 Å². The molecule has 0 aromatic rings. The number of aliphatic hydroxyl groups excluding tert-OH is 1. The minimum Gasteiger partial charge on any atom is -0.396 e. The van der Waals surface area contributed by atoms with Gasteiger partial charge in [0.1, 0.15) is 0 Å². The first-order chi connectivity index (χ1) is 9.53. The molecule has 4 nitrogen and oxygen atoms in total. The van der Waals surface area contributed by atoms with E-state index < -0.39 is 0 Å². The van der Waals surface area contributed by atoms with Gasteiger partial charge in [-0.05, 0) is 64.0 Å². The first kappa shape index (κ1) is 15.5. The molecule has 0 heterocycles. The molecule has 2 saturated carbocycles. The zero-order chi connectivity index (χ0) is 14.6. The Morgan fingerprint density at radius 3 is 2.55 bits per heavy atom. The zero-order valence-electron chi connectivity index (χ0n) is 12.8. The Bertz CT molecular complexity index is 349. The standard InChI is InChI=1S/C16H28N2O2/c1-18(2)9-3-4-15(20)17-14-10-16(11-14)7-5-13(12-19)6-8-16/h3-4,13-14,19H,5-12H2,1-2H3,(H,17,20)/b4-3+. The van der Waals surface area contributed by atoms with Crippen molar-refractivity contribution < 1.29 is 9.90 Å². The highest BCUT2D eigenvalue weighted by Crippen LogP contribution is 2.52. The number of amides is 1. The van der Waals surface area contributed by atoms with Crippen molar-refractivity contribution >= 4 is 5.91 Å². The summed E-state index contributed by atoms with van der Waals surface area (Å²) in [6.45, 7) is 1.14. The number of carbonyl (C=O) groups is 1. The highest BCUT2D eigenvalue weighted by Gasteiger charge is 2.46. The van der Waals surface area contributed by atoms with E-state index in [1.165, 1.54) is 12.8 Å².